The number of fused-ring (bicyclic) bond motifs is 3. The molecule has 0 unspecified atom stereocenters. The minimum atomic E-state index is 0.416. The van der Waals surface area contributed by atoms with E-state index in [9.17, 15) is 0 Å². The topological polar surface area (TPSA) is 53.6 Å². The summed E-state index contributed by atoms with van der Waals surface area (Å²) in [4.78, 5) is 6.13. The lowest BCUT2D eigenvalue weighted by molar-refractivity contribution is 0.0877. The average molecular weight is 463 g/mol. The molecule has 3 heterocycles. The molecule has 0 amide bonds. The molecule has 5 rings (SSSR count). The van der Waals surface area contributed by atoms with Crippen LogP contribution in [0.5, 0.6) is 0 Å². The first-order valence-corrected chi connectivity index (χ1v) is 12.3. The highest BCUT2D eigenvalue weighted by Gasteiger charge is 2.26. The number of nitrogens with one attached hydrogen (secondary N) is 1. The van der Waals surface area contributed by atoms with Gasteiger partial charge in [-0.15, -0.1) is 11.3 Å². The van der Waals surface area contributed by atoms with Crippen molar-refractivity contribution in [2.75, 3.05) is 60.2 Å². The summed E-state index contributed by atoms with van der Waals surface area (Å²) < 4.78 is 10.4. The van der Waals surface area contributed by atoms with Gasteiger partial charge >= 0.3 is 0 Å². The molecule has 1 fully saturated rings. The number of likely N-dealkylation sites (N-methyl/N-ethyl adjacent to an activating group) is 1. The number of ether oxygens (including phenoxy) is 2. The van der Waals surface area contributed by atoms with Crippen molar-refractivity contribution in [2.45, 2.75) is 13.0 Å². The maximum absolute atomic E-state index is 5.42. The zero-order valence-electron chi connectivity index (χ0n) is 19.3. The summed E-state index contributed by atoms with van der Waals surface area (Å²) in [6.45, 7) is 7.19. The van der Waals surface area contributed by atoms with Crippen LogP contribution < -0.4 is 0 Å². The Morgan fingerprint density at radius 3 is 2.88 bits per heavy atom. The summed E-state index contributed by atoms with van der Waals surface area (Å²) >= 11 is 1.71. The Morgan fingerprint density at radius 1 is 1.15 bits per heavy atom. The standard InChI is InChI=1S/C26H30N4O2S/c1-29-7-9-30(10-8-29)17-19-5-6-22-21(14-19)16-23-25(22)27-28-26(23)24-15-20(18-33-24)4-3-11-32-13-12-31-2/h5-6,14-15,18H,7-13,16-17H2,1-2H3,(H,27,28). The van der Waals surface area contributed by atoms with Crippen molar-refractivity contribution in [3.8, 4) is 33.7 Å². The van der Waals surface area contributed by atoms with E-state index in [4.69, 9.17) is 9.47 Å². The fourth-order valence-electron chi connectivity index (χ4n) is 4.48. The van der Waals surface area contributed by atoms with Crippen molar-refractivity contribution in [1.82, 2.24) is 20.0 Å². The molecule has 0 atom stereocenters. The first-order valence-electron chi connectivity index (χ1n) is 11.5. The fraction of sp³-hybridized carbons (Fsp3) is 0.423. The number of piperazine rings is 1. The fourth-order valence-corrected chi connectivity index (χ4v) is 5.34. The molecule has 1 aromatic carbocycles. The highest BCUT2D eigenvalue weighted by atomic mass is 32.1. The Labute approximate surface area is 199 Å². The molecule has 0 saturated carbocycles. The van der Waals surface area contributed by atoms with Gasteiger partial charge in [-0.05, 0) is 24.2 Å². The van der Waals surface area contributed by atoms with Crippen LogP contribution in [-0.4, -0.2) is 80.2 Å². The van der Waals surface area contributed by atoms with Crippen LogP contribution in [0.4, 0.5) is 0 Å². The molecule has 1 saturated heterocycles. The zero-order chi connectivity index (χ0) is 22.6. The van der Waals surface area contributed by atoms with Gasteiger partial charge in [0.25, 0.3) is 0 Å². The molecule has 172 valence electrons. The number of rotatable bonds is 7. The number of thiophene rings is 1. The maximum Gasteiger partial charge on any atom is 0.108 e. The quantitative estimate of drug-likeness (QED) is 0.337. The molecule has 33 heavy (non-hydrogen) atoms. The number of hydrogen-bond donors (Lipinski definition) is 1. The summed E-state index contributed by atoms with van der Waals surface area (Å²) in [5.74, 6) is 6.26. The van der Waals surface area contributed by atoms with Gasteiger partial charge in [0.05, 0.1) is 29.5 Å². The van der Waals surface area contributed by atoms with E-state index in [1.807, 2.05) is 0 Å². The van der Waals surface area contributed by atoms with Gasteiger partial charge in [0.2, 0.25) is 0 Å². The second kappa shape index (κ2) is 10.2. The van der Waals surface area contributed by atoms with Crippen molar-refractivity contribution in [3.05, 3.63) is 51.9 Å². The van der Waals surface area contributed by atoms with Crippen LogP contribution in [0.15, 0.2) is 29.6 Å². The summed E-state index contributed by atoms with van der Waals surface area (Å²) in [6.07, 6.45) is 0.930. The van der Waals surface area contributed by atoms with Crippen LogP contribution in [0, 0.1) is 11.8 Å². The van der Waals surface area contributed by atoms with Gasteiger partial charge in [0.15, 0.2) is 0 Å². The van der Waals surface area contributed by atoms with E-state index in [1.54, 1.807) is 18.4 Å². The van der Waals surface area contributed by atoms with Crippen LogP contribution in [-0.2, 0) is 22.4 Å². The summed E-state index contributed by atoms with van der Waals surface area (Å²) in [5, 5.41) is 10.1. The van der Waals surface area contributed by atoms with E-state index in [2.05, 4.69) is 68.5 Å². The van der Waals surface area contributed by atoms with Crippen LogP contribution in [0.1, 0.15) is 22.3 Å². The van der Waals surface area contributed by atoms with Crippen LogP contribution in [0.2, 0.25) is 0 Å². The van der Waals surface area contributed by atoms with Crippen LogP contribution >= 0.6 is 11.3 Å². The molecule has 0 bridgehead atoms. The summed E-state index contributed by atoms with van der Waals surface area (Å²) in [7, 11) is 3.87. The molecular formula is C26H30N4O2S. The number of benzene rings is 1. The SMILES string of the molecule is COCCOCC#Cc1csc(-c2[nH]nc3c2Cc2cc(CN4CCN(C)CC4)ccc2-3)c1. The predicted octanol–water partition coefficient (Wildman–Crippen LogP) is 3.47. The third kappa shape index (κ3) is 5.06. The average Bonchev–Trinajstić information content (AvgIpc) is 3.53. The van der Waals surface area contributed by atoms with Crippen molar-refractivity contribution >= 4 is 11.3 Å². The van der Waals surface area contributed by atoms with E-state index in [1.165, 1.54) is 27.1 Å². The molecular weight excluding hydrogens is 432 g/mol. The third-order valence-corrected chi connectivity index (χ3v) is 7.29. The molecule has 1 aliphatic heterocycles. The van der Waals surface area contributed by atoms with E-state index in [0.29, 0.717) is 19.8 Å². The van der Waals surface area contributed by atoms with Gasteiger partial charge in [-0.25, -0.2) is 0 Å². The van der Waals surface area contributed by atoms with Crippen molar-refractivity contribution in [2.24, 2.45) is 0 Å². The third-order valence-electron chi connectivity index (χ3n) is 6.35. The number of H-pyrrole nitrogens is 1. The van der Waals surface area contributed by atoms with Crippen LogP contribution in [0.25, 0.3) is 21.8 Å². The minimum Gasteiger partial charge on any atom is -0.382 e. The highest BCUT2D eigenvalue weighted by molar-refractivity contribution is 7.13. The number of hydrogen-bond acceptors (Lipinski definition) is 6. The Hall–Kier alpha value is -2.47. The monoisotopic (exact) mass is 462 g/mol. The number of aromatic amines is 1. The van der Waals surface area contributed by atoms with Gasteiger partial charge in [-0.3, -0.25) is 10.00 Å². The second-order valence-electron chi connectivity index (χ2n) is 8.72. The first-order chi connectivity index (χ1) is 16.2. The first kappa shape index (κ1) is 22.3. The molecule has 2 aliphatic rings. The minimum absolute atomic E-state index is 0.416. The Kier molecular flexibility index (Phi) is 6.91. The number of aromatic nitrogens is 2. The molecule has 0 radical (unpaired) electrons. The van der Waals surface area contributed by atoms with Gasteiger partial charge < -0.3 is 14.4 Å². The van der Waals surface area contributed by atoms with Gasteiger partial charge in [0.1, 0.15) is 6.61 Å². The molecule has 2 aromatic heterocycles. The lowest BCUT2D eigenvalue weighted by Crippen LogP contribution is -2.43. The Balaban J connectivity index is 1.26. The highest BCUT2D eigenvalue weighted by Crippen LogP contribution is 2.41. The maximum atomic E-state index is 5.42. The predicted molar refractivity (Wildman–Crippen MR) is 132 cm³/mol. The number of methoxy groups -OCH3 is 1. The van der Waals surface area contributed by atoms with E-state index in [-0.39, 0.29) is 0 Å². The normalized spacial score (nSPS) is 15.8. The van der Waals surface area contributed by atoms with Gasteiger partial charge in [-0.1, -0.05) is 30.0 Å². The Bertz CT molecular complexity index is 1160. The lowest BCUT2D eigenvalue weighted by Gasteiger charge is -2.32. The largest absolute Gasteiger partial charge is 0.382 e. The van der Waals surface area contributed by atoms with Gasteiger partial charge in [-0.2, -0.15) is 5.10 Å². The molecule has 3 aromatic rings. The van der Waals surface area contributed by atoms with E-state index >= 15 is 0 Å². The van der Waals surface area contributed by atoms with Crippen LogP contribution in [0.3, 0.4) is 0 Å². The van der Waals surface area contributed by atoms with Crippen molar-refractivity contribution in [3.63, 3.8) is 0 Å². The molecule has 1 aliphatic carbocycles. The molecule has 6 nitrogen and oxygen atoms in total. The number of nitrogens with zero attached hydrogens (tertiary/aromatic N) is 3. The summed E-state index contributed by atoms with van der Waals surface area (Å²) in [5.41, 5.74) is 8.58. The van der Waals surface area contributed by atoms with Crippen molar-refractivity contribution in [1.29, 1.82) is 0 Å². The smallest absolute Gasteiger partial charge is 0.108 e. The Morgan fingerprint density at radius 2 is 2.03 bits per heavy atom. The second-order valence-corrected chi connectivity index (χ2v) is 9.63. The molecule has 1 N–H and O–H groups in total. The van der Waals surface area contributed by atoms with E-state index < -0.39 is 0 Å². The molecule has 0 spiro atoms. The molecule has 7 heteroatoms. The lowest BCUT2D eigenvalue weighted by atomic mass is 10.0. The van der Waals surface area contributed by atoms with Crippen molar-refractivity contribution < 1.29 is 9.47 Å². The van der Waals surface area contributed by atoms with E-state index in [0.717, 1.165) is 56.1 Å². The summed E-state index contributed by atoms with van der Waals surface area (Å²) in [6, 6.07) is 9.05. The van der Waals surface area contributed by atoms with Gasteiger partial charge in [0, 0.05) is 68.3 Å². The zero-order valence-corrected chi connectivity index (χ0v) is 20.1.